The number of nitrogens with one attached hydrogen (secondary N) is 2. The molecule has 0 radical (unpaired) electrons. The van der Waals surface area contributed by atoms with E-state index in [0.29, 0.717) is 41.1 Å². The lowest BCUT2D eigenvalue weighted by molar-refractivity contribution is -0.113. The molecule has 1 unspecified atom stereocenters. The van der Waals surface area contributed by atoms with Gasteiger partial charge in [-0.1, -0.05) is 54.6 Å². The van der Waals surface area contributed by atoms with E-state index >= 15 is 0 Å². The third-order valence-electron chi connectivity index (χ3n) is 7.24. The normalized spacial score (nSPS) is 14.0. The molecule has 1 aliphatic rings. The monoisotopic (exact) mass is 573 g/mol. The van der Waals surface area contributed by atoms with Crippen molar-refractivity contribution in [1.29, 1.82) is 0 Å². The molecule has 5 aromatic rings. The van der Waals surface area contributed by atoms with Crippen LogP contribution in [0.15, 0.2) is 114 Å². The number of anilines is 2. The van der Waals surface area contributed by atoms with Gasteiger partial charge in [0.25, 0.3) is 5.91 Å². The van der Waals surface area contributed by atoms with Gasteiger partial charge in [-0.05, 0) is 66.6 Å². The van der Waals surface area contributed by atoms with Crippen LogP contribution in [0.4, 0.5) is 11.6 Å². The van der Waals surface area contributed by atoms with Crippen LogP contribution in [0.3, 0.4) is 0 Å². The smallest absolute Gasteiger partial charge is 0.255 e. The average molecular weight is 574 g/mol. The van der Waals surface area contributed by atoms with Gasteiger partial charge >= 0.3 is 0 Å². The zero-order valence-corrected chi connectivity index (χ0v) is 24.1. The van der Waals surface area contributed by atoms with Gasteiger partial charge in [0.05, 0.1) is 25.5 Å². The molecular formula is C34H31N5O4. The molecular weight excluding hydrogens is 542 g/mol. The SMILES string of the molecule is COc1ccc(-c2nc3n(n2)C(c2ccc(OCc4ccccc4)cc2)C(C(=O)Nc2ccccc2OC)=C(C)N3)cc1. The largest absolute Gasteiger partial charge is 0.497 e. The summed E-state index contributed by atoms with van der Waals surface area (Å²) in [5.41, 5.74) is 4.50. The summed E-state index contributed by atoms with van der Waals surface area (Å²) in [5, 5.41) is 11.2. The summed E-state index contributed by atoms with van der Waals surface area (Å²) in [5.74, 6) is 2.81. The van der Waals surface area contributed by atoms with Crippen molar-refractivity contribution >= 4 is 17.5 Å². The Kier molecular flexibility index (Phi) is 7.78. The van der Waals surface area contributed by atoms with Gasteiger partial charge in [0.1, 0.15) is 29.9 Å². The highest BCUT2D eigenvalue weighted by atomic mass is 16.5. The van der Waals surface area contributed by atoms with Crippen molar-refractivity contribution < 1.29 is 19.0 Å². The molecule has 0 spiro atoms. The van der Waals surface area contributed by atoms with Crippen LogP contribution in [0.25, 0.3) is 11.4 Å². The Labute approximate surface area is 249 Å². The van der Waals surface area contributed by atoms with E-state index in [4.69, 9.17) is 24.3 Å². The van der Waals surface area contributed by atoms with Crippen molar-refractivity contribution in [3.05, 3.63) is 126 Å². The molecule has 1 aliphatic heterocycles. The first-order chi connectivity index (χ1) is 21.0. The summed E-state index contributed by atoms with van der Waals surface area (Å²) in [4.78, 5) is 18.7. The number of rotatable bonds is 9. The second-order valence-electron chi connectivity index (χ2n) is 10.00. The van der Waals surface area contributed by atoms with Gasteiger partial charge in [0.2, 0.25) is 5.95 Å². The summed E-state index contributed by atoms with van der Waals surface area (Å²) >= 11 is 0. The first-order valence-electron chi connectivity index (χ1n) is 13.8. The highest BCUT2D eigenvalue weighted by molar-refractivity contribution is 6.06. The van der Waals surface area contributed by atoms with Gasteiger partial charge in [-0.3, -0.25) is 4.79 Å². The summed E-state index contributed by atoms with van der Waals surface area (Å²) < 4.78 is 18.5. The van der Waals surface area contributed by atoms with Gasteiger partial charge in [0, 0.05) is 11.3 Å². The molecule has 1 amide bonds. The molecule has 216 valence electrons. The first kappa shape index (κ1) is 27.6. The maximum Gasteiger partial charge on any atom is 0.255 e. The van der Waals surface area contributed by atoms with Crippen LogP contribution in [0.5, 0.6) is 17.2 Å². The molecule has 9 nitrogen and oxygen atoms in total. The summed E-state index contributed by atoms with van der Waals surface area (Å²) in [6.07, 6.45) is 0. The van der Waals surface area contributed by atoms with E-state index in [1.165, 1.54) is 0 Å². The Morgan fingerprint density at radius 2 is 1.56 bits per heavy atom. The molecule has 4 aromatic carbocycles. The minimum absolute atomic E-state index is 0.281. The third-order valence-corrected chi connectivity index (χ3v) is 7.24. The molecule has 2 heterocycles. The van der Waals surface area contributed by atoms with Crippen molar-refractivity contribution in [1.82, 2.24) is 14.8 Å². The maximum atomic E-state index is 13.9. The second kappa shape index (κ2) is 12.1. The zero-order valence-electron chi connectivity index (χ0n) is 24.1. The fourth-order valence-corrected chi connectivity index (χ4v) is 5.04. The highest BCUT2D eigenvalue weighted by Crippen LogP contribution is 2.38. The zero-order chi connectivity index (χ0) is 29.8. The third kappa shape index (κ3) is 5.78. The predicted molar refractivity (Wildman–Crippen MR) is 165 cm³/mol. The number of carbonyl (C=O) groups is 1. The summed E-state index contributed by atoms with van der Waals surface area (Å²) in [6.45, 7) is 2.32. The van der Waals surface area contributed by atoms with Gasteiger partial charge in [0.15, 0.2) is 5.82 Å². The molecule has 9 heteroatoms. The Morgan fingerprint density at radius 1 is 0.860 bits per heavy atom. The van der Waals surface area contributed by atoms with E-state index in [9.17, 15) is 4.79 Å². The predicted octanol–water partition coefficient (Wildman–Crippen LogP) is 6.47. The molecule has 0 aliphatic carbocycles. The minimum Gasteiger partial charge on any atom is -0.497 e. The molecule has 1 atom stereocenters. The highest BCUT2D eigenvalue weighted by Gasteiger charge is 2.35. The number of ether oxygens (including phenoxy) is 3. The number of methoxy groups -OCH3 is 2. The number of benzene rings is 4. The molecule has 0 saturated carbocycles. The van der Waals surface area contributed by atoms with Crippen LogP contribution >= 0.6 is 0 Å². The van der Waals surface area contributed by atoms with Gasteiger partial charge in [-0.2, -0.15) is 4.98 Å². The maximum absolute atomic E-state index is 13.9. The van der Waals surface area contributed by atoms with Crippen molar-refractivity contribution in [3.8, 4) is 28.6 Å². The number of hydrogen-bond acceptors (Lipinski definition) is 7. The number of allylic oxidation sites excluding steroid dienone is 1. The first-order valence-corrected chi connectivity index (χ1v) is 13.8. The van der Waals surface area contributed by atoms with Crippen molar-refractivity contribution in [3.63, 3.8) is 0 Å². The lowest BCUT2D eigenvalue weighted by Gasteiger charge is -2.29. The van der Waals surface area contributed by atoms with Crippen LogP contribution in [0.2, 0.25) is 0 Å². The van der Waals surface area contributed by atoms with E-state index in [1.54, 1.807) is 31.0 Å². The minimum atomic E-state index is -0.561. The lowest BCUT2D eigenvalue weighted by atomic mass is 9.95. The number of nitrogens with zero attached hydrogens (tertiary/aromatic N) is 3. The van der Waals surface area contributed by atoms with Crippen molar-refractivity contribution in [2.75, 3.05) is 24.9 Å². The Hall–Kier alpha value is -5.57. The van der Waals surface area contributed by atoms with E-state index in [-0.39, 0.29) is 5.91 Å². The fourth-order valence-electron chi connectivity index (χ4n) is 5.04. The van der Waals surface area contributed by atoms with E-state index in [0.717, 1.165) is 28.2 Å². The van der Waals surface area contributed by atoms with Crippen LogP contribution in [0.1, 0.15) is 24.1 Å². The number of amides is 1. The van der Waals surface area contributed by atoms with E-state index in [1.807, 2.05) is 97.9 Å². The molecule has 0 saturated heterocycles. The van der Waals surface area contributed by atoms with Crippen LogP contribution in [-0.4, -0.2) is 34.9 Å². The van der Waals surface area contributed by atoms with Gasteiger partial charge in [-0.15, -0.1) is 5.10 Å². The number of para-hydroxylation sites is 2. The lowest BCUT2D eigenvalue weighted by Crippen LogP contribution is -2.31. The topological polar surface area (TPSA) is 99.5 Å². The standard InChI is InChI=1S/C34H31N5O4/c1-22-30(33(40)36-28-11-7-8-12-29(28)42-3)31(24-13-19-27(20-14-24)43-21-23-9-5-4-6-10-23)39-34(35-22)37-32(38-39)25-15-17-26(41-2)18-16-25/h4-20,31H,21H2,1-3H3,(H,36,40)(H,35,37,38). The fraction of sp³-hybridized carbons (Fsp3) is 0.147. The quantitative estimate of drug-likeness (QED) is 0.209. The van der Waals surface area contributed by atoms with Gasteiger partial charge < -0.3 is 24.8 Å². The molecule has 0 bridgehead atoms. The Bertz CT molecular complexity index is 1760. The van der Waals surface area contributed by atoms with Gasteiger partial charge in [-0.25, -0.2) is 4.68 Å². The van der Waals surface area contributed by atoms with Crippen molar-refractivity contribution in [2.24, 2.45) is 0 Å². The van der Waals surface area contributed by atoms with Crippen LogP contribution in [0, 0.1) is 0 Å². The molecule has 43 heavy (non-hydrogen) atoms. The van der Waals surface area contributed by atoms with Crippen LogP contribution < -0.4 is 24.8 Å². The second-order valence-corrected chi connectivity index (χ2v) is 10.00. The molecule has 2 N–H and O–H groups in total. The number of fused-ring (bicyclic) bond motifs is 1. The van der Waals surface area contributed by atoms with E-state index in [2.05, 4.69) is 10.6 Å². The summed E-state index contributed by atoms with van der Waals surface area (Å²) in [6, 6.07) is 32.0. The number of aromatic nitrogens is 3. The van der Waals surface area contributed by atoms with Crippen molar-refractivity contribution in [2.45, 2.75) is 19.6 Å². The number of carbonyl (C=O) groups excluding carboxylic acids is 1. The number of hydrogen-bond donors (Lipinski definition) is 2. The molecule has 1 aromatic heterocycles. The molecule has 0 fully saturated rings. The van der Waals surface area contributed by atoms with E-state index < -0.39 is 6.04 Å². The molecule has 6 rings (SSSR count). The average Bonchev–Trinajstić information content (AvgIpc) is 3.47. The Balaban J connectivity index is 1.36. The summed E-state index contributed by atoms with van der Waals surface area (Å²) in [7, 11) is 3.20. The Morgan fingerprint density at radius 3 is 2.28 bits per heavy atom. The van der Waals surface area contributed by atoms with Crippen LogP contribution in [-0.2, 0) is 11.4 Å².